The fourth-order valence-corrected chi connectivity index (χ4v) is 4.68. The molecule has 1 aromatic carbocycles. The van der Waals surface area contributed by atoms with Gasteiger partial charge in [0.05, 0.1) is 37.8 Å². The van der Waals surface area contributed by atoms with Crippen LogP contribution in [0.5, 0.6) is 0 Å². The van der Waals surface area contributed by atoms with E-state index >= 15 is 0 Å². The molecule has 5 atom stereocenters. The van der Waals surface area contributed by atoms with Crippen molar-refractivity contribution >= 4 is 28.6 Å². The number of nitrogens with zero attached hydrogens (tertiary/aromatic N) is 7. The first kappa shape index (κ1) is 23.6. The van der Waals surface area contributed by atoms with E-state index in [1.54, 1.807) is 4.57 Å². The monoisotopic (exact) mass is 500 g/mol. The second-order valence-electron chi connectivity index (χ2n) is 8.54. The van der Waals surface area contributed by atoms with E-state index in [0.29, 0.717) is 35.5 Å². The van der Waals surface area contributed by atoms with Gasteiger partial charge in [-0.3, -0.25) is 0 Å². The zero-order valence-corrected chi connectivity index (χ0v) is 19.3. The Bertz CT molecular complexity index is 1300. The van der Waals surface area contributed by atoms with E-state index in [0.717, 1.165) is 5.56 Å². The summed E-state index contributed by atoms with van der Waals surface area (Å²) in [6, 6.07) is 8.22. The lowest BCUT2D eigenvalue weighted by atomic mass is 10.1. The quantitative estimate of drug-likeness (QED) is 0.215. The Hall–Kier alpha value is -3.16. The summed E-state index contributed by atoms with van der Waals surface area (Å²) in [5.74, 6) is 0.361. The summed E-state index contributed by atoms with van der Waals surface area (Å²) in [6.45, 7) is -0.411. The zero-order chi connectivity index (χ0) is 24.5. The fourth-order valence-electron chi connectivity index (χ4n) is 4.52. The summed E-state index contributed by atoms with van der Waals surface area (Å²) in [6.07, 6.45) is 1.50. The van der Waals surface area contributed by atoms with Crippen LogP contribution in [0.4, 0.5) is 5.82 Å². The molecule has 0 aliphatic heterocycles. The summed E-state index contributed by atoms with van der Waals surface area (Å²) in [7, 11) is 0. The van der Waals surface area contributed by atoms with Gasteiger partial charge >= 0.3 is 0 Å². The van der Waals surface area contributed by atoms with Crippen molar-refractivity contribution in [2.45, 2.75) is 49.8 Å². The van der Waals surface area contributed by atoms with Crippen LogP contribution in [0.3, 0.4) is 0 Å². The van der Waals surface area contributed by atoms with Gasteiger partial charge in [-0.1, -0.05) is 30.3 Å². The molecule has 1 fully saturated rings. The van der Waals surface area contributed by atoms with E-state index in [1.165, 1.54) is 17.3 Å². The lowest BCUT2D eigenvalue weighted by Crippen LogP contribution is -2.31. The van der Waals surface area contributed by atoms with Crippen molar-refractivity contribution < 1.29 is 20.4 Å². The molecule has 35 heavy (non-hydrogen) atoms. The van der Waals surface area contributed by atoms with Crippen molar-refractivity contribution in [1.82, 2.24) is 34.5 Å². The maximum atomic E-state index is 10.8. The standard InChI is InChI=1S/C22H25ClN8O4/c23-22-27-20(26-13(9-32)6-12-4-2-1-3-5-12)17-21(28-22)30(11-24-17)15-7-16(19(35)18(15)34)31-25-8-14(10-33)29-31/h1-5,8,11,13,15-16,18-19,32-35H,6-7,9-10H2,(H,26,27,28)/t13-,15+,16-,18-,19+/m0/s1. The van der Waals surface area contributed by atoms with Gasteiger partial charge in [-0.05, 0) is 30.0 Å². The molecule has 1 aliphatic carbocycles. The van der Waals surface area contributed by atoms with Gasteiger partial charge in [0, 0.05) is 0 Å². The number of nitrogens with one attached hydrogen (secondary N) is 1. The molecule has 0 radical (unpaired) electrons. The van der Waals surface area contributed by atoms with Crippen molar-refractivity contribution in [1.29, 1.82) is 0 Å². The van der Waals surface area contributed by atoms with Crippen molar-refractivity contribution in [3.05, 3.63) is 59.4 Å². The van der Waals surface area contributed by atoms with Gasteiger partial charge in [-0.25, -0.2) is 4.98 Å². The number of fused-ring (bicyclic) bond motifs is 1. The third-order valence-corrected chi connectivity index (χ3v) is 6.44. The first-order valence-electron chi connectivity index (χ1n) is 11.2. The molecule has 0 saturated heterocycles. The number of rotatable bonds is 8. The number of hydrogen-bond donors (Lipinski definition) is 5. The molecule has 12 nitrogen and oxygen atoms in total. The Morgan fingerprint density at radius 3 is 2.57 bits per heavy atom. The minimum Gasteiger partial charge on any atom is -0.394 e. The molecule has 13 heteroatoms. The molecule has 0 bridgehead atoms. The predicted octanol–water partition coefficient (Wildman–Crippen LogP) is 0.487. The number of benzene rings is 1. The van der Waals surface area contributed by atoms with Crippen LogP contribution in [0, 0.1) is 0 Å². The molecular formula is C22H25ClN8O4. The normalized spacial score (nSPS) is 23.1. The van der Waals surface area contributed by atoms with Crippen molar-refractivity contribution in [2.75, 3.05) is 11.9 Å². The third kappa shape index (κ3) is 4.58. The van der Waals surface area contributed by atoms with Crippen molar-refractivity contribution in [2.24, 2.45) is 0 Å². The molecule has 3 heterocycles. The van der Waals surface area contributed by atoms with Crippen LogP contribution < -0.4 is 5.32 Å². The maximum Gasteiger partial charge on any atom is 0.226 e. The number of aliphatic hydroxyl groups is 4. The molecular weight excluding hydrogens is 476 g/mol. The molecule has 0 unspecified atom stereocenters. The summed E-state index contributed by atoms with van der Waals surface area (Å²) in [5, 5.41) is 52.2. The van der Waals surface area contributed by atoms with Crippen LogP contribution in [-0.2, 0) is 13.0 Å². The minimum atomic E-state index is -1.14. The van der Waals surface area contributed by atoms with E-state index in [9.17, 15) is 20.4 Å². The number of aromatic nitrogens is 7. The largest absolute Gasteiger partial charge is 0.394 e. The second-order valence-corrected chi connectivity index (χ2v) is 8.88. The van der Waals surface area contributed by atoms with Crippen LogP contribution in [0.1, 0.15) is 29.8 Å². The number of anilines is 1. The SMILES string of the molecule is OCc1cnn([C@H]2C[C@@H](n3cnc4c(N[C@H](CO)Cc5ccccc5)nc(Cl)nc43)[C@H](O)[C@@H]2O)n1. The molecule has 0 spiro atoms. The van der Waals surface area contributed by atoms with E-state index in [-0.39, 0.29) is 24.5 Å². The summed E-state index contributed by atoms with van der Waals surface area (Å²) in [4.78, 5) is 14.4. The van der Waals surface area contributed by atoms with Gasteiger partial charge in [0.25, 0.3) is 0 Å². The summed E-state index contributed by atoms with van der Waals surface area (Å²) in [5.41, 5.74) is 2.22. The molecule has 0 amide bonds. The zero-order valence-electron chi connectivity index (χ0n) is 18.6. The Morgan fingerprint density at radius 1 is 1.09 bits per heavy atom. The van der Waals surface area contributed by atoms with Gasteiger partial charge in [0.15, 0.2) is 17.0 Å². The topological polar surface area (TPSA) is 167 Å². The predicted molar refractivity (Wildman–Crippen MR) is 126 cm³/mol. The fraction of sp³-hybridized carbons (Fsp3) is 0.409. The molecule has 5 N–H and O–H groups in total. The first-order chi connectivity index (χ1) is 17.0. The van der Waals surface area contributed by atoms with Crippen molar-refractivity contribution in [3.8, 4) is 0 Å². The van der Waals surface area contributed by atoms with Gasteiger partial charge in [-0.2, -0.15) is 25.0 Å². The van der Waals surface area contributed by atoms with Gasteiger partial charge in [0.1, 0.15) is 23.9 Å². The highest BCUT2D eigenvalue weighted by atomic mass is 35.5. The van der Waals surface area contributed by atoms with E-state index in [4.69, 9.17) is 11.6 Å². The van der Waals surface area contributed by atoms with E-state index in [1.807, 2.05) is 30.3 Å². The summed E-state index contributed by atoms with van der Waals surface area (Å²) >= 11 is 6.23. The van der Waals surface area contributed by atoms with Gasteiger partial charge in [0.2, 0.25) is 5.28 Å². The Kier molecular flexibility index (Phi) is 6.62. The molecule has 1 aliphatic rings. The maximum absolute atomic E-state index is 10.8. The van der Waals surface area contributed by atoms with E-state index in [2.05, 4.69) is 30.5 Å². The first-order valence-corrected chi connectivity index (χ1v) is 11.6. The Balaban J connectivity index is 1.43. The number of halogens is 1. The average molecular weight is 501 g/mol. The molecule has 184 valence electrons. The highest BCUT2D eigenvalue weighted by molar-refractivity contribution is 6.28. The number of hydrogen-bond acceptors (Lipinski definition) is 10. The van der Waals surface area contributed by atoms with E-state index < -0.39 is 24.3 Å². The molecule has 3 aromatic heterocycles. The lowest BCUT2D eigenvalue weighted by molar-refractivity contribution is 0.00491. The van der Waals surface area contributed by atoms with Crippen LogP contribution in [0.15, 0.2) is 42.9 Å². The Morgan fingerprint density at radius 2 is 1.86 bits per heavy atom. The minimum absolute atomic E-state index is 0.0240. The smallest absolute Gasteiger partial charge is 0.226 e. The molecule has 5 rings (SSSR count). The van der Waals surface area contributed by atoms with Crippen LogP contribution >= 0.6 is 11.6 Å². The van der Waals surface area contributed by atoms with Gasteiger partial charge in [-0.15, -0.1) is 0 Å². The molecule has 1 saturated carbocycles. The summed E-state index contributed by atoms with van der Waals surface area (Å²) < 4.78 is 1.66. The van der Waals surface area contributed by atoms with Crippen LogP contribution in [0.25, 0.3) is 11.2 Å². The van der Waals surface area contributed by atoms with Crippen molar-refractivity contribution in [3.63, 3.8) is 0 Å². The van der Waals surface area contributed by atoms with Crippen LogP contribution in [0.2, 0.25) is 5.28 Å². The highest BCUT2D eigenvalue weighted by Gasteiger charge is 2.45. The number of imidazole rings is 1. The number of aliphatic hydroxyl groups excluding tert-OH is 4. The molecule has 4 aromatic rings. The third-order valence-electron chi connectivity index (χ3n) is 6.27. The van der Waals surface area contributed by atoms with Crippen LogP contribution in [-0.4, -0.2) is 79.8 Å². The van der Waals surface area contributed by atoms with Gasteiger partial charge < -0.3 is 30.3 Å². The average Bonchev–Trinajstić information content (AvgIpc) is 3.57. The second kappa shape index (κ2) is 9.84. The highest BCUT2D eigenvalue weighted by Crippen LogP contribution is 2.39. The Labute approximate surface area is 204 Å². The lowest BCUT2D eigenvalue weighted by Gasteiger charge is -2.19.